The summed E-state index contributed by atoms with van der Waals surface area (Å²) in [6.07, 6.45) is 3.19. The molecular formula is C18H18FN7O2. The van der Waals surface area contributed by atoms with Gasteiger partial charge in [-0.2, -0.15) is 0 Å². The Hall–Kier alpha value is -3.82. The zero-order valence-electron chi connectivity index (χ0n) is 14.9. The lowest BCUT2D eigenvalue weighted by Crippen LogP contribution is -2.35. The third-order valence-corrected chi connectivity index (χ3v) is 4.00. The first kappa shape index (κ1) is 19.0. The maximum atomic E-state index is 14.3. The third kappa shape index (κ3) is 3.95. The van der Waals surface area contributed by atoms with Gasteiger partial charge in [0, 0.05) is 17.3 Å². The van der Waals surface area contributed by atoms with Crippen LogP contribution in [0.1, 0.15) is 23.8 Å². The molecule has 0 saturated carbocycles. The summed E-state index contributed by atoms with van der Waals surface area (Å²) in [5, 5.41) is 6.25. The van der Waals surface area contributed by atoms with Crippen LogP contribution in [0.15, 0.2) is 36.7 Å². The molecule has 144 valence electrons. The van der Waals surface area contributed by atoms with Crippen LogP contribution in [0.2, 0.25) is 0 Å². The summed E-state index contributed by atoms with van der Waals surface area (Å²) in [5.41, 5.74) is 11.1. The number of rotatable bonds is 7. The lowest BCUT2D eigenvalue weighted by Gasteiger charge is -2.16. The van der Waals surface area contributed by atoms with Gasteiger partial charge in [0.05, 0.1) is 6.20 Å². The standard InChI is InChI=1S/C18H18FN7O2/c1-2-12(16(20)27)25-13-8-23-15(17(21)28)18(26-13)24-10-6-9-4-3-5-22-14(9)11(19)7-10/h3-8,12H,2H2,1H3,(H2,20,27)(H2,21,28)(H2,24,25,26)/t12-/m1/s1. The van der Waals surface area contributed by atoms with E-state index in [1.807, 2.05) is 0 Å². The van der Waals surface area contributed by atoms with Crippen molar-refractivity contribution in [2.45, 2.75) is 19.4 Å². The molecule has 0 saturated heterocycles. The molecule has 1 aromatic carbocycles. The number of nitrogens with one attached hydrogen (secondary N) is 2. The van der Waals surface area contributed by atoms with E-state index in [-0.39, 0.29) is 22.8 Å². The Bertz CT molecular complexity index is 1060. The fraction of sp³-hybridized carbons (Fsp3) is 0.167. The van der Waals surface area contributed by atoms with Gasteiger partial charge >= 0.3 is 0 Å². The first-order chi connectivity index (χ1) is 13.4. The number of amides is 2. The zero-order valence-corrected chi connectivity index (χ0v) is 14.9. The number of nitrogens with two attached hydrogens (primary N) is 2. The highest BCUT2D eigenvalue weighted by Gasteiger charge is 2.17. The topological polar surface area (TPSA) is 149 Å². The molecule has 28 heavy (non-hydrogen) atoms. The average Bonchev–Trinajstić information content (AvgIpc) is 2.66. The highest BCUT2D eigenvalue weighted by Crippen LogP contribution is 2.25. The van der Waals surface area contributed by atoms with Gasteiger partial charge in [-0.1, -0.05) is 13.0 Å². The molecule has 0 unspecified atom stereocenters. The van der Waals surface area contributed by atoms with Crippen LogP contribution in [0.5, 0.6) is 0 Å². The Morgan fingerprint density at radius 1 is 1.25 bits per heavy atom. The van der Waals surface area contributed by atoms with Crippen molar-refractivity contribution >= 4 is 40.0 Å². The van der Waals surface area contributed by atoms with Crippen LogP contribution in [0, 0.1) is 5.82 Å². The molecule has 2 amide bonds. The van der Waals surface area contributed by atoms with Gasteiger partial charge in [0.2, 0.25) is 5.91 Å². The predicted octanol–water partition coefficient (Wildman–Crippen LogP) is 1.68. The molecule has 0 aliphatic carbocycles. The number of pyridine rings is 1. The summed E-state index contributed by atoms with van der Waals surface area (Å²) in [7, 11) is 0. The SMILES string of the molecule is CC[C@@H](Nc1cnc(C(N)=O)c(Nc2cc(F)c3ncccc3c2)n1)C(N)=O. The van der Waals surface area contributed by atoms with Gasteiger partial charge in [0.1, 0.15) is 17.4 Å². The van der Waals surface area contributed by atoms with E-state index in [9.17, 15) is 14.0 Å². The smallest absolute Gasteiger partial charge is 0.271 e. The molecule has 0 radical (unpaired) electrons. The Balaban J connectivity index is 1.98. The van der Waals surface area contributed by atoms with Crippen LogP contribution in [0.3, 0.4) is 0 Å². The monoisotopic (exact) mass is 383 g/mol. The molecule has 10 heteroatoms. The molecule has 3 rings (SSSR count). The molecular weight excluding hydrogens is 365 g/mol. The van der Waals surface area contributed by atoms with Crippen molar-refractivity contribution in [3.63, 3.8) is 0 Å². The van der Waals surface area contributed by atoms with Crippen molar-refractivity contribution in [2.24, 2.45) is 11.5 Å². The van der Waals surface area contributed by atoms with Gasteiger partial charge in [0.25, 0.3) is 5.91 Å². The van der Waals surface area contributed by atoms with Crippen molar-refractivity contribution in [3.05, 3.63) is 48.2 Å². The quantitative estimate of drug-likeness (QED) is 0.485. The fourth-order valence-electron chi connectivity index (χ4n) is 2.64. The van der Waals surface area contributed by atoms with E-state index in [1.165, 1.54) is 18.5 Å². The number of carbonyl (C=O) groups is 2. The first-order valence-electron chi connectivity index (χ1n) is 8.43. The minimum Gasteiger partial charge on any atom is -0.368 e. The molecule has 1 atom stereocenters. The number of carbonyl (C=O) groups excluding carboxylic acids is 2. The summed E-state index contributed by atoms with van der Waals surface area (Å²) in [6, 6.07) is 5.59. The van der Waals surface area contributed by atoms with Crippen LogP contribution >= 0.6 is 0 Å². The van der Waals surface area contributed by atoms with E-state index in [2.05, 4.69) is 25.6 Å². The number of fused-ring (bicyclic) bond motifs is 1. The number of hydrogen-bond donors (Lipinski definition) is 4. The number of primary amides is 2. The number of nitrogens with zero attached hydrogens (tertiary/aromatic N) is 3. The molecule has 2 aromatic heterocycles. The van der Waals surface area contributed by atoms with Crippen LogP contribution in [0.4, 0.5) is 21.7 Å². The van der Waals surface area contributed by atoms with Crippen molar-refractivity contribution in [2.75, 3.05) is 10.6 Å². The maximum absolute atomic E-state index is 14.3. The molecule has 3 aromatic rings. The maximum Gasteiger partial charge on any atom is 0.271 e. The summed E-state index contributed by atoms with van der Waals surface area (Å²) < 4.78 is 14.3. The number of anilines is 3. The van der Waals surface area contributed by atoms with Gasteiger partial charge in [-0.05, 0) is 24.6 Å². The van der Waals surface area contributed by atoms with Crippen LogP contribution in [-0.4, -0.2) is 32.8 Å². The van der Waals surface area contributed by atoms with Crippen molar-refractivity contribution in [1.29, 1.82) is 0 Å². The lowest BCUT2D eigenvalue weighted by atomic mass is 10.2. The predicted molar refractivity (Wildman–Crippen MR) is 102 cm³/mol. The van der Waals surface area contributed by atoms with Crippen molar-refractivity contribution in [3.8, 4) is 0 Å². The Kier molecular flexibility index (Phi) is 5.30. The number of hydrogen-bond acceptors (Lipinski definition) is 7. The van der Waals surface area contributed by atoms with E-state index in [4.69, 9.17) is 11.5 Å². The Morgan fingerprint density at radius 3 is 2.71 bits per heavy atom. The van der Waals surface area contributed by atoms with Crippen molar-refractivity contribution < 1.29 is 14.0 Å². The summed E-state index contributed by atoms with van der Waals surface area (Å²) in [5.74, 6) is -1.68. The second kappa shape index (κ2) is 7.82. The second-order valence-corrected chi connectivity index (χ2v) is 5.98. The van der Waals surface area contributed by atoms with Gasteiger partial charge < -0.3 is 22.1 Å². The first-order valence-corrected chi connectivity index (χ1v) is 8.43. The highest BCUT2D eigenvalue weighted by molar-refractivity contribution is 5.97. The van der Waals surface area contributed by atoms with Crippen molar-refractivity contribution in [1.82, 2.24) is 15.0 Å². The average molecular weight is 383 g/mol. The molecule has 9 nitrogen and oxygen atoms in total. The summed E-state index contributed by atoms with van der Waals surface area (Å²) in [6.45, 7) is 1.78. The van der Waals surface area contributed by atoms with E-state index < -0.39 is 23.7 Å². The summed E-state index contributed by atoms with van der Waals surface area (Å²) in [4.78, 5) is 35.3. The number of benzene rings is 1. The highest BCUT2D eigenvalue weighted by atomic mass is 19.1. The molecule has 6 N–H and O–H groups in total. The van der Waals surface area contributed by atoms with Crippen LogP contribution in [0.25, 0.3) is 10.9 Å². The van der Waals surface area contributed by atoms with Gasteiger partial charge in [-0.25, -0.2) is 14.4 Å². The van der Waals surface area contributed by atoms with Crippen LogP contribution < -0.4 is 22.1 Å². The number of halogens is 1. The van der Waals surface area contributed by atoms with E-state index in [0.717, 1.165) is 0 Å². The number of aromatic nitrogens is 3. The molecule has 0 aliphatic rings. The van der Waals surface area contributed by atoms with E-state index >= 15 is 0 Å². The molecule has 0 spiro atoms. The summed E-state index contributed by atoms with van der Waals surface area (Å²) >= 11 is 0. The van der Waals surface area contributed by atoms with E-state index in [1.54, 1.807) is 25.1 Å². The van der Waals surface area contributed by atoms with Gasteiger partial charge in [-0.3, -0.25) is 14.6 Å². The molecule has 0 bridgehead atoms. The normalized spacial score (nSPS) is 11.8. The second-order valence-electron chi connectivity index (χ2n) is 5.98. The van der Waals surface area contributed by atoms with E-state index in [0.29, 0.717) is 17.5 Å². The minimum absolute atomic E-state index is 0.0134. The molecule has 0 fully saturated rings. The largest absolute Gasteiger partial charge is 0.368 e. The molecule has 2 heterocycles. The fourth-order valence-corrected chi connectivity index (χ4v) is 2.64. The Morgan fingerprint density at radius 2 is 2.04 bits per heavy atom. The minimum atomic E-state index is -0.813. The third-order valence-electron chi connectivity index (χ3n) is 4.00. The Labute approximate surface area is 159 Å². The van der Waals surface area contributed by atoms with Gasteiger partial charge in [-0.15, -0.1) is 0 Å². The molecule has 0 aliphatic heterocycles. The lowest BCUT2D eigenvalue weighted by molar-refractivity contribution is -0.118. The van der Waals surface area contributed by atoms with Gasteiger partial charge in [0.15, 0.2) is 17.3 Å². The zero-order chi connectivity index (χ0) is 20.3. The van der Waals surface area contributed by atoms with Crippen LogP contribution in [-0.2, 0) is 4.79 Å².